The summed E-state index contributed by atoms with van der Waals surface area (Å²) in [5, 5.41) is 0. The van der Waals surface area contributed by atoms with E-state index in [0.29, 0.717) is 26.3 Å². The molecule has 2 heterocycles. The van der Waals surface area contributed by atoms with Crippen LogP contribution in [0.3, 0.4) is 0 Å². The summed E-state index contributed by atoms with van der Waals surface area (Å²) in [5.74, 6) is -1.30. The number of likely N-dealkylation sites (tertiary alicyclic amines) is 1. The lowest BCUT2D eigenvalue weighted by atomic mass is 10.1. The van der Waals surface area contributed by atoms with Crippen LogP contribution < -0.4 is 0 Å². The normalized spacial score (nSPS) is 21.5. The minimum absolute atomic E-state index is 0.171. The molecule has 2 aliphatic heterocycles. The molecule has 0 aromatic rings. The van der Waals surface area contributed by atoms with Crippen molar-refractivity contribution < 1.29 is 23.8 Å². The van der Waals surface area contributed by atoms with Crippen LogP contribution in [0.5, 0.6) is 0 Å². The number of nitrogens with zero attached hydrogens (tertiary/aromatic N) is 1. The molecule has 2 fully saturated rings. The second kappa shape index (κ2) is 6.15. The summed E-state index contributed by atoms with van der Waals surface area (Å²) in [4.78, 5) is 24.5. The Labute approximate surface area is 106 Å². The van der Waals surface area contributed by atoms with Crippen molar-refractivity contribution in [3.63, 3.8) is 0 Å². The van der Waals surface area contributed by atoms with Crippen molar-refractivity contribution in [1.82, 2.24) is 4.90 Å². The van der Waals surface area contributed by atoms with E-state index in [2.05, 4.69) is 0 Å². The molecule has 6 heteroatoms. The fraction of sp³-hybridized carbons (Fsp3) is 0.833. The number of rotatable bonds is 3. The van der Waals surface area contributed by atoms with Crippen LogP contribution in [-0.2, 0) is 23.8 Å². The molecule has 0 saturated carbocycles. The summed E-state index contributed by atoms with van der Waals surface area (Å²) >= 11 is 0. The van der Waals surface area contributed by atoms with Gasteiger partial charge in [-0.15, -0.1) is 0 Å². The van der Waals surface area contributed by atoms with Crippen LogP contribution in [0.25, 0.3) is 0 Å². The molecule has 0 aromatic heterocycles. The smallest absolute Gasteiger partial charge is 0.397 e. The molecule has 0 unspecified atom stereocenters. The van der Waals surface area contributed by atoms with Crippen LogP contribution >= 0.6 is 0 Å². The Kier molecular flexibility index (Phi) is 4.54. The van der Waals surface area contributed by atoms with Crippen molar-refractivity contribution in [3.05, 3.63) is 0 Å². The van der Waals surface area contributed by atoms with E-state index in [0.717, 1.165) is 12.8 Å². The monoisotopic (exact) mass is 257 g/mol. The van der Waals surface area contributed by atoms with Gasteiger partial charge in [-0.2, -0.15) is 0 Å². The molecule has 2 saturated heterocycles. The summed E-state index contributed by atoms with van der Waals surface area (Å²) in [5.41, 5.74) is 0. The first-order chi connectivity index (χ1) is 8.70. The molecular formula is C12H19NO5. The number of hydrogen-bond donors (Lipinski definition) is 0. The van der Waals surface area contributed by atoms with E-state index < -0.39 is 11.9 Å². The van der Waals surface area contributed by atoms with Crippen molar-refractivity contribution in [2.75, 3.05) is 32.9 Å². The van der Waals surface area contributed by atoms with Crippen LogP contribution in [-0.4, -0.2) is 61.9 Å². The van der Waals surface area contributed by atoms with E-state index in [-0.39, 0.29) is 18.8 Å². The van der Waals surface area contributed by atoms with Gasteiger partial charge in [0.15, 0.2) is 0 Å². The number of ether oxygens (including phenoxy) is 3. The molecule has 0 bridgehead atoms. The standard InChI is InChI=1S/C12H19NO5/c1-2-17-12(15)11(14)13-5-3-9(4-6-13)18-10-7-16-8-10/h9-10H,2-8H2,1H3. The van der Waals surface area contributed by atoms with Crippen LogP contribution in [0.4, 0.5) is 0 Å². The molecule has 6 nitrogen and oxygen atoms in total. The Hall–Kier alpha value is -1.14. The first-order valence-electron chi connectivity index (χ1n) is 6.40. The number of carbonyl (C=O) groups is 2. The largest absolute Gasteiger partial charge is 0.459 e. The van der Waals surface area contributed by atoms with E-state index >= 15 is 0 Å². The zero-order valence-electron chi connectivity index (χ0n) is 10.6. The van der Waals surface area contributed by atoms with Gasteiger partial charge in [0.25, 0.3) is 0 Å². The Morgan fingerprint density at radius 2 is 1.89 bits per heavy atom. The van der Waals surface area contributed by atoms with Gasteiger partial charge in [0, 0.05) is 13.1 Å². The lowest BCUT2D eigenvalue weighted by molar-refractivity contribution is -0.170. The first kappa shape index (κ1) is 13.3. The van der Waals surface area contributed by atoms with Crippen LogP contribution in [0, 0.1) is 0 Å². The van der Waals surface area contributed by atoms with Gasteiger partial charge in [0.1, 0.15) is 6.10 Å². The van der Waals surface area contributed by atoms with Crippen LogP contribution in [0.1, 0.15) is 19.8 Å². The number of hydrogen-bond acceptors (Lipinski definition) is 5. The van der Waals surface area contributed by atoms with Gasteiger partial charge in [0.05, 0.1) is 25.9 Å². The van der Waals surface area contributed by atoms with Gasteiger partial charge in [-0.3, -0.25) is 4.79 Å². The summed E-state index contributed by atoms with van der Waals surface area (Å²) in [6.45, 7) is 4.35. The zero-order valence-corrected chi connectivity index (χ0v) is 10.6. The highest BCUT2D eigenvalue weighted by atomic mass is 16.6. The number of esters is 1. The van der Waals surface area contributed by atoms with Crippen molar-refractivity contribution in [3.8, 4) is 0 Å². The second-order valence-corrected chi connectivity index (χ2v) is 4.51. The highest BCUT2D eigenvalue weighted by molar-refractivity contribution is 6.32. The lowest BCUT2D eigenvalue weighted by Gasteiger charge is -2.35. The molecule has 0 aliphatic carbocycles. The average Bonchev–Trinajstić information content (AvgIpc) is 2.34. The summed E-state index contributed by atoms with van der Waals surface area (Å²) < 4.78 is 15.5. The van der Waals surface area contributed by atoms with E-state index in [4.69, 9.17) is 14.2 Å². The molecule has 0 spiro atoms. The van der Waals surface area contributed by atoms with Crippen molar-refractivity contribution >= 4 is 11.9 Å². The third-order valence-corrected chi connectivity index (χ3v) is 3.17. The van der Waals surface area contributed by atoms with Gasteiger partial charge in [-0.05, 0) is 19.8 Å². The van der Waals surface area contributed by atoms with E-state index in [1.54, 1.807) is 6.92 Å². The lowest BCUT2D eigenvalue weighted by Crippen LogP contribution is -2.47. The topological polar surface area (TPSA) is 65.1 Å². The molecule has 102 valence electrons. The SMILES string of the molecule is CCOC(=O)C(=O)N1CCC(OC2COC2)CC1. The maximum absolute atomic E-state index is 11.7. The summed E-state index contributed by atoms with van der Waals surface area (Å²) in [6.07, 6.45) is 1.91. The second-order valence-electron chi connectivity index (χ2n) is 4.51. The molecule has 0 radical (unpaired) electrons. The number of carbonyl (C=O) groups excluding carboxylic acids is 2. The molecule has 0 aromatic carbocycles. The summed E-state index contributed by atoms with van der Waals surface area (Å²) in [7, 11) is 0. The molecule has 0 atom stereocenters. The quantitative estimate of drug-likeness (QED) is 0.524. The van der Waals surface area contributed by atoms with E-state index in [9.17, 15) is 9.59 Å². The third-order valence-electron chi connectivity index (χ3n) is 3.17. The Morgan fingerprint density at radius 1 is 1.22 bits per heavy atom. The van der Waals surface area contributed by atoms with Crippen molar-refractivity contribution in [2.24, 2.45) is 0 Å². The first-order valence-corrected chi connectivity index (χ1v) is 6.40. The number of amides is 1. The number of piperidine rings is 1. The van der Waals surface area contributed by atoms with Crippen molar-refractivity contribution in [2.45, 2.75) is 32.0 Å². The molecule has 2 rings (SSSR count). The predicted octanol–water partition coefficient (Wildman–Crippen LogP) is -0.0441. The van der Waals surface area contributed by atoms with Crippen molar-refractivity contribution in [1.29, 1.82) is 0 Å². The van der Waals surface area contributed by atoms with Crippen LogP contribution in [0.2, 0.25) is 0 Å². The van der Waals surface area contributed by atoms with Gasteiger partial charge in [-0.1, -0.05) is 0 Å². The third kappa shape index (κ3) is 3.20. The zero-order chi connectivity index (χ0) is 13.0. The fourth-order valence-corrected chi connectivity index (χ4v) is 2.08. The average molecular weight is 257 g/mol. The van der Waals surface area contributed by atoms with Gasteiger partial charge in [0.2, 0.25) is 0 Å². The highest BCUT2D eigenvalue weighted by Gasteiger charge is 2.30. The Balaban J connectivity index is 1.71. The fourth-order valence-electron chi connectivity index (χ4n) is 2.08. The molecule has 2 aliphatic rings. The highest BCUT2D eigenvalue weighted by Crippen LogP contribution is 2.18. The van der Waals surface area contributed by atoms with Gasteiger partial charge < -0.3 is 19.1 Å². The Bertz CT molecular complexity index is 308. The predicted molar refractivity (Wildman–Crippen MR) is 61.9 cm³/mol. The molecule has 18 heavy (non-hydrogen) atoms. The van der Waals surface area contributed by atoms with E-state index in [1.807, 2.05) is 0 Å². The molecule has 0 N–H and O–H groups in total. The summed E-state index contributed by atoms with van der Waals surface area (Å²) in [6, 6.07) is 0. The maximum atomic E-state index is 11.7. The van der Waals surface area contributed by atoms with Gasteiger partial charge >= 0.3 is 11.9 Å². The Morgan fingerprint density at radius 3 is 2.39 bits per heavy atom. The van der Waals surface area contributed by atoms with Crippen LogP contribution in [0.15, 0.2) is 0 Å². The van der Waals surface area contributed by atoms with Gasteiger partial charge in [-0.25, -0.2) is 4.79 Å². The van der Waals surface area contributed by atoms with E-state index in [1.165, 1.54) is 4.90 Å². The molecular weight excluding hydrogens is 238 g/mol. The molecule has 1 amide bonds. The minimum Gasteiger partial charge on any atom is -0.459 e. The minimum atomic E-state index is -0.760. The maximum Gasteiger partial charge on any atom is 0.397 e.